The molecule has 7 unspecified atom stereocenters. The molecule has 3 saturated carbocycles. The van der Waals surface area contributed by atoms with E-state index in [0.717, 1.165) is 48.6 Å². The largest absolute Gasteiger partial charge is 0.340 e. The number of aromatic nitrogens is 2. The maximum atomic E-state index is 14.5. The molecule has 4 aliphatic rings. The molecule has 7 rings (SSSR count). The van der Waals surface area contributed by atoms with Gasteiger partial charge < -0.3 is 15.5 Å². The summed E-state index contributed by atoms with van der Waals surface area (Å²) in [5, 5.41) is 7.85. The second kappa shape index (κ2) is 11.3. The lowest BCUT2D eigenvalue weighted by Gasteiger charge is -2.61. The molecular weight excluding hydrogens is 539 g/mol. The standard InChI is InChI=1S/C35H47FN6O/c1-20-8-9-25(30(36)12-20)13-23(4)42-19-37-32-16-27(10-11-28(32)33(42)43)39-34(41-17-21(2)38-22(3)18-41)40-31-15-26-14-29(24(31)5)35(26,6)7/h8-12,16,19,21-24,26,29,31,38H,13-15,17-18H2,1-7H3,(H,39,40). The van der Waals surface area contributed by atoms with E-state index >= 15 is 0 Å². The van der Waals surface area contributed by atoms with E-state index in [2.05, 4.69) is 55.1 Å². The zero-order valence-corrected chi connectivity index (χ0v) is 26.7. The molecule has 230 valence electrons. The molecule has 0 radical (unpaired) electrons. The van der Waals surface area contributed by atoms with Gasteiger partial charge in [0.05, 0.1) is 23.3 Å². The van der Waals surface area contributed by atoms with Crippen LogP contribution >= 0.6 is 0 Å². The second-order valence-corrected chi connectivity index (χ2v) is 14.3. The fourth-order valence-electron chi connectivity index (χ4n) is 8.03. The maximum Gasteiger partial charge on any atom is 0.261 e. The van der Waals surface area contributed by atoms with Crippen molar-refractivity contribution in [3.8, 4) is 0 Å². The molecule has 2 heterocycles. The van der Waals surface area contributed by atoms with Crippen LogP contribution in [-0.4, -0.2) is 51.6 Å². The third-order valence-corrected chi connectivity index (χ3v) is 10.7. The van der Waals surface area contributed by atoms with Crippen molar-refractivity contribution < 1.29 is 4.39 Å². The van der Waals surface area contributed by atoms with Gasteiger partial charge in [0.1, 0.15) is 5.82 Å². The molecule has 4 fully saturated rings. The lowest BCUT2D eigenvalue weighted by Crippen LogP contribution is -2.59. The summed E-state index contributed by atoms with van der Waals surface area (Å²) in [5.41, 5.74) is 3.29. The van der Waals surface area contributed by atoms with Crippen LogP contribution in [0.4, 0.5) is 10.1 Å². The number of halogens is 1. The Hall–Kier alpha value is -3.26. The summed E-state index contributed by atoms with van der Waals surface area (Å²) in [7, 11) is 0. The quantitative estimate of drug-likeness (QED) is 0.276. The molecule has 3 aromatic rings. The highest BCUT2D eigenvalue weighted by molar-refractivity contribution is 5.96. The third kappa shape index (κ3) is 5.70. The van der Waals surface area contributed by atoms with Gasteiger partial charge in [0.25, 0.3) is 5.56 Å². The summed E-state index contributed by atoms with van der Waals surface area (Å²) in [6.45, 7) is 17.3. The van der Waals surface area contributed by atoms with E-state index in [4.69, 9.17) is 4.99 Å². The van der Waals surface area contributed by atoms with E-state index in [9.17, 15) is 9.18 Å². The normalized spacial score (nSPS) is 29.3. The molecular formula is C35H47FN6O. The summed E-state index contributed by atoms with van der Waals surface area (Å²) in [6, 6.07) is 11.8. The smallest absolute Gasteiger partial charge is 0.261 e. The van der Waals surface area contributed by atoms with Gasteiger partial charge in [0.15, 0.2) is 5.96 Å². The number of nitrogens with one attached hydrogen (secondary N) is 2. The Labute approximate surface area is 255 Å². The molecule has 43 heavy (non-hydrogen) atoms. The number of aliphatic imine (C=N–C) groups is 1. The average molecular weight is 587 g/mol. The molecule has 7 nitrogen and oxygen atoms in total. The number of piperazine rings is 1. The highest BCUT2D eigenvalue weighted by Gasteiger charge is 2.56. The van der Waals surface area contributed by atoms with Crippen LogP contribution in [0.1, 0.15) is 71.6 Å². The first kappa shape index (κ1) is 29.8. The van der Waals surface area contributed by atoms with Crippen molar-refractivity contribution in [2.24, 2.45) is 28.2 Å². The SMILES string of the molecule is Cc1ccc(CC(C)n2cnc3cc(NC(=NC4CC5CC(C4C)C5(C)C)N4CC(C)NC(C)C4)ccc3c2=O)c(F)c1. The zero-order chi connectivity index (χ0) is 30.6. The Balaban J connectivity index is 1.26. The highest BCUT2D eigenvalue weighted by Crippen LogP contribution is 2.61. The number of rotatable bonds is 5. The summed E-state index contributed by atoms with van der Waals surface area (Å²) < 4.78 is 16.1. The third-order valence-electron chi connectivity index (χ3n) is 10.7. The summed E-state index contributed by atoms with van der Waals surface area (Å²) in [6.07, 6.45) is 4.48. The molecule has 0 spiro atoms. The first-order chi connectivity index (χ1) is 20.4. The van der Waals surface area contributed by atoms with E-state index < -0.39 is 0 Å². The van der Waals surface area contributed by atoms with Crippen LogP contribution in [0.5, 0.6) is 0 Å². The first-order valence-corrected chi connectivity index (χ1v) is 16.0. The Morgan fingerprint density at radius 3 is 2.56 bits per heavy atom. The van der Waals surface area contributed by atoms with E-state index in [1.54, 1.807) is 17.0 Å². The topological polar surface area (TPSA) is 74.6 Å². The number of guanidine groups is 1. The van der Waals surface area contributed by atoms with Crippen LogP contribution in [0.25, 0.3) is 10.9 Å². The van der Waals surface area contributed by atoms with Gasteiger partial charge in [0, 0.05) is 36.9 Å². The minimum Gasteiger partial charge on any atom is -0.340 e. The molecule has 1 aliphatic heterocycles. The van der Waals surface area contributed by atoms with Crippen molar-refractivity contribution in [3.05, 3.63) is 70.0 Å². The Morgan fingerprint density at radius 1 is 1.14 bits per heavy atom. The number of benzene rings is 2. The van der Waals surface area contributed by atoms with Crippen molar-refractivity contribution in [2.75, 3.05) is 18.4 Å². The van der Waals surface area contributed by atoms with Crippen LogP contribution in [0.15, 0.2) is 52.5 Å². The van der Waals surface area contributed by atoms with Crippen molar-refractivity contribution in [2.45, 2.75) is 91.9 Å². The summed E-state index contributed by atoms with van der Waals surface area (Å²) in [5.74, 6) is 2.68. The van der Waals surface area contributed by atoms with Gasteiger partial charge in [-0.15, -0.1) is 0 Å². The monoisotopic (exact) mass is 586 g/mol. The molecule has 2 N–H and O–H groups in total. The van der Waals surface area contributed by atoms with E-state index in [0.29, 0.717) is 52.3 Å². The number of hydrogen-bond acceptors (Lipinski definition) is 4. The van der Waals surface area contributed by atoms with Gasteiger partial charge in [-0.05, 0) is 106 Å². The summed E-state index contributed by atoms with van der Waals surface area (Å²) in [4.78, 5) is 26.0. The molecule has 2 bridgehead atoms. The minimum atomic E-state index is -0.238. The molecule has 7 atom stereocenters. The Morgan fingerprint density at radius 2 is 1.88 bits per heavy atom. The molecule has 8 heteroatoms. The number of aryl methyl sites for hydroxylation is 1. The van der Waals surface area contributed by atoms with Gasteiger partial charge in [0.2, 0.25) is 0 Å². The lowest BCUT2D eigenvalue weighted by molar-refractivity contribution is -0.108. The molecule has 3 aliphatic carbocycles. The van der Waals surface area contributed by atoms with Crippen LogP contribution < -0.4 is 16.2 Å². The van der Waals surface area contributed by atoms with E-state index in [1.807, 2.05) is 38.1 Å². The minimum absolute atomic E-state index is 0.118. The van der Waals surface area contributed by atoms with Crippen molar-refractivity contribution >= 4 is 22.5 Å². The summed E-state index contributed by atoms with van der Waals surface area (Å²) >= 11 is 0. The Kier molecular flexibility index (Phi) is 7.86. The van der Waals surface area contributed by atoms with Gasteiger partial charge in [-0.3, -0.25) is 9.36 Å². The number of fused-ring (bicyclic) bond motifs is 3. The van der Waals surface area contributed by atoms with Crippen LogP contribution in [0, 0.1) is 35.9 Å². The predicted octanol–water partition coefficient (Wildman–Crippen LogP) is 6.17. The molecule has 1 aromatic heterocycles. The molecule has 0 amide bonds. The molecule has 2 aromatic carbocycles. The van der Waals surface area contributed by atoms with E-state index in [1.165, 1.54) is 12.5 Å². The van der Waals surface area contributed by atoms with E-state index in [-0.39, 0.29) is 17.4 Å². The average Bonchev–Trinajstić information content (AvgIpc) is 2.94. The number of anilines is 1. The lowest BCUT2D eigenvalue weighted by atomic mass is 9.45. The highest BCUT2D eigenvalue weighted by atomic mass is 19.1. The predicted molar refractivity (Wildman–Crippen MR) is 173 cm³/mol. The zero-order valence-electron chi connectivity index (χ0n) is 26.7. The van der Waals surface area contributed by atoms with Crippen molar-refractivity contribution in [1.82, 2.24) is 19.8 Å². The first-order valence-electron chi connectivity index (χ1n) is 16.0. The van der Waals surface area contributed by atoms with Gasteiger partial charge in [-0.1, -0.05) is 32.9 Å². The second-order valence-electron chi connectivity index (χ2n) is 14.3. The van der Waals surface area contributed by atoms with Crippen LogP contribution in [-0.2, 0) is 6.42 Å². The number of hydrogen-bond donors (Lipinski definition) is 2. The van der Waals surface area contributed by atoms with Crippen LogP contribution in [0.3, 0.4) is 0 Å². The van der Waals surface area contributed by atoms with Crippen LogP contribution in [0.2, 0.25) is 0 Å². The molecule has 1 saturated heterocycles. The van der Waals surface area contributed by atoms with Gasteiger partial charge in [-0.2, -0.15) is 0 Å². The fraction of sp³-hybridized carbons (Fsp3) is 0.571. The fourth-order valence-corrected chi connectivity index (χ4v) is 8.03. The Bertz CT molecular complexity index is 1590. The van der Waals surface area contributed by atoms with Crippen molar-refractivity contribution in [1.29, 1.82) is 0 Å². The van der Waals surface area contributed by atoms with Gasteiger partial charge in [-0.25, -0.2) is 14.4 Å². The van der Waals surface area contributed by atoms with Crippen molar-refractivity contribution in [3.63, 3.8) is 0 Å². The maximum absolute atomic E-state index is 14.5. The number of nitrogens with zero attached hydrogens (tertiary/aromatic N) is 4. The van der Waals surface area contributed by atoms with Gasteiger partial charge >= 0.3 is 0 Å².